The van der Waals surface area contributed by atoms with E-state index in [1.54, 1.807) is 18.2 Å². The van der Waals surface area contributed by atoms with Crippen LogP contribution in [0.5, 0.6) is 5.75 Å². The van der Waals surface area contributed by atoms with Gasteiger partial charge in [0.25, 0.3) is 0 Å². The summed E-state index contributed by atoms with van der Waals surface area (Å²) in [4.78, 5) is 56.7. The van der Waals surface area contributed by atoms with Crippen molar-refractivity contribution in [3.8, 4) is 5.75 Å². The lowest BCUT2D eigenvalue weighted by molar-refractivity contribution is -0.210. The number of carbonyl (C=O) groups is 5. The molecule has 19 nitrogen and oxygen atoms in total. The average Bonchev–Trinajstić information content (AvgIpc) is 3.23. The van der Waals surface area contributed by atoms with Crippen molar-refractivity contribution < 1.29 is 113 Å². The summed E-state index contributed by atoms with van der Waals surface area (Å²) in [5, 5.41) is -15.0. The number of ether oxygens (including phenoxy) is 5. The fourth-order valence-electron chi connectivity index (χ4n) is 7.62. The van der Waals surface area contributed by atoms with Crippen LogP contribution in [0.4, 0.5) is 26.3 Å². The molecule has 2 aromatic rings. The van der Waals surface area contributed by atoms with Crippen LogP contribution in [0.1, 0.15) is 69.1 Å². The Hall–Kier alpha value is -5.68. The smallest absolute Gasteiger partial charge is 0.460 e. The van der Waals surface area contributed by atoms with E-state index in [1.807, 2.05) is 0 Å². The highest BCUT2D eigenvalue weighted by Crippen LogP contribution is 2.63. The van der Waals surface area contributed by atoms with Crippen LogP contribution in [-0.4, -0.2) is 96.7 Å². The molecule has 382 valence electrons. The van der Waals surface area contributed by atoms with E-state index in [2.05, 4.69) is 33.9 Å². The molecule has 4 bridgehead atoms. The molecule has 2 unspecified atom stereocenters. The zero-order valence-electron chi connectivity index (χ0n) is 36.2. The third-order valence-corrected chi connectivity index (χ3v) is 12.9. The molecule has 0 saturated heterocycles. The molecule has 69 heavy (non-hydrogen) atoms. The van der Waals surface area contributed by atoms with Gasteiger partial charge in [0.15, 0.2) is 0 Å². The summed E-state index contributed by atoms with van der Waals surface area (Å²) in [7, 11) is -17.6. The van der Waals surface area contributed by atoms with Crippen LogP contribution in [-0.2, 0) is 86.5 Å². The minimum absolute atomic E-state index is 0.149. The first-order valence-electron chi connectivity index (χ1n) is 19.5. The lowest BCUT2D eigenvalue weighted by Crippen LogP contribution is -2.59. The van der Waals surface area contributed by atoms with Crippen LogP contribution in [0.25, 0.3) is 6.08 Å². The van der Waals surface area contributed by atoms with Crippen LogP contribution < -0.4 is 4.74 Å². The molecule has 3 N–H and O–H groups in total. The van der Waals surface area contributed by atoms with E-state index in [0.717, 1.165) is 12.0 Å². The molecule has 0 spiro atoms. The molecule has 0 amide bonds. The van der Waals surface area contributed by atoms with Crippen molar-refractivity contribution in [2.45, 2.75) is 87.0 Å². The molecule has 0 heterocycles. The molecular weight excluding hydrogens is 1010 g/mol. The van der Waals surface area contributed by atoms with Crippen molar-refractivity contribution in [3.05, 3.63) is 96.1 Å². The molecule has 4 fully saturated rings. The highest BCUT2D eigenvalue weighted by atomic mass is 32.2. The first-order chi connectivity index (χ1) is 31.4. The van der Waals surface area contributed by atoms with Crippen LogP contribution in [0.15, 0.2) is 79.4 Å². The number of hydrogen-bond donors (Lipinski definition) is 3. The van der Waals surface area contributed by atoms with Gasteiger partial charge in [-0.15, -0.1) is 0 Å². The van der Waals surface area contributed by atoms with Crippen molar-refractivity contribution in [3.63, 3.8) is 0 Å². The summed E-state index contributed by atoms with van der Waals surface area (Å²) in [5.41, 5.74) is 0.431. The summed E-state index contributed by atoms with van der Waals surface area (Å²) in [5.74, 6) is -7.63. The molecule has 0 radical (unpaired) electrons. The molecule has 0 aliphatic heterocycles. The van der Waals surface area contributed by atoms with Gasteiger partial charge in [0.2, 0.25) is 0 Å². The number of alkyl halides is 6. The van der Waals surface area contributed by atoms with Gasteiger partial charge in [-0.25, -0.2) is 24.0 Å². The second-order valence-corrected chi connectivity index (χ2v) is 20.7. The average molecular weight is 1050 g/mol. The fourth-order valence-corrected chi connectivity index (χ4v) is 8.43. The van der Waals surface area contributed by atoms with Gasteiger partial charge in [0.05, 0.1) is 6.61 Å². The number of halogens is 6. The van der Waals surface area contributed by atoms with Gasteiger partial charge < -0.3 is 23.7 Å². The molecule has 4 saturated carbocycles. The first kappa shape index (κ1) is 57.6. The Morgan fingerprint density at radius 3 is 1.38 bits per heavy atom. The third-order valence-electron chi connectivity index (χ3n) is 10.4. The molecule has 6 rings (SSSR count). The van der Waals surface area contributed by atoms with Gasteiger partial charge in [0.1, 0.15) is 24.6 Å². The fraction of sp³-hybridized carbons (Fsp3) is 0.439. The third kappa shape index (κ3) is 14.7. The van der Waals surface area contributed by atoms with E-state index < -0.39 is 107 Å². The van der Waals surface area contributed by atoms with E-state index in [4.69, 9.17) is 23.1 Å². The Balaban J connectivity index is 0.000000279. The number of benzene rings is 2. The van der Waals surface area contributed by atoms with Crippen molar-refractivity contribution in [1.82, 2.24) is 0 Å². The Morgan fingerprint density at radius 2 is 1.01 bits per heavy atom. The van der Waals surface area contributed by atoms with Gasteiger partial charge in [-0.05, 0) is 93.0 Å². The summed E-state index contributed by atoms with van der Waals surface area (Å²) in [6.45, 7) is 11.8. The number of hydrogen-bond acceptors (Lipinski definition) is 16. The predicted molar refractivity (Wildman–Crippen MR) is 224 cm³/mol. The van der Waals surface area contributed by atoms with Crippen LogP contribution in [0, 0.1) is 17.3 Å². The van der Waals surface area contributed by atoms with Crippen LogP contribution in [0.3, 0.4) is 0 Å². The number of carbonyl (C=O) groups excluding carboxylic acids is 5. The van der Waals surface area contributed by atoms with E-state index in [-0.39, 0.29) is 34.3 Å². The van der Waals surface area contributed by atoms with Crippen molar-refractivity contribution in [1.29, 1.82) is 0 Å². The Bertz CT molecular complexity index is 2660. The summed E-state index contributed by atoms with van der Waals surface area (Å²) >= 11 is 0. The maximum atomic E-state index is 13.4. The second kappa shape index (κ2) is 21.5. The maximum absolute atomic E-state index is 13.4. The Labute approximate surface area is 390 Å². The Morgan fingerprint density at radius 1 is 0.638 bits per heavy atom. The quantitative estimate of drug-likeness (QED) is 0.0408. The lowest BCUT2D eigenvalue weighted by atomic mass is 9.48. The van der Waals surface area contributed by atoms with Gasteiger partial charge in [-0.3, -0.25) is 13.7 Å². The monoisotopic (exact) mass is 1050 g/mol. The SMILES string of the molecule is C=C(C)C(=O)OC12CC3CC(CC(COC(=O)C(F)(F)S(=O)(=O)O)(C3)C1)C2.C=C(C)C(=O)Oc1ccc(COC(=O)C(F)(F)S(=O)(=O)O)cc1.C=Cc1ccc(COC(=O)C(F)(F)S(=O)(=O)O)cc1. The van der Waals surface area contributed by atoms with Crippen molar-refractivity contribution >= 4 is 66.3 Å². The second-order valence-electron chi connectivity index (χ2n) is 16.3. The molecule has 0 aromatic heterocycles. The molecule has 4 aliphatic carbocycles. The first-order valence-corrected chi connectivity index (χ1v) is 23.9. The molecule has 4 aliphatic rings. The van der Waals surface area contributed by atoms with Gasteiger partial charge in [0, 0.05) is 16.6 Å². The Kier molecular flexibility index (Phi) is 18.0. The van der Waals surface area contributed by atoms with Gasteiger partial charge in [-0.2, -0.15) is 51.6 Å². The minimum Gasteiger partial charge on any atom is -0.460 e. The molecule has 2 atom stereocenters. The number of rotatable bonds is 17. The van der Waals surface area contributed by atoms with Gasteiger partial charge in [-0.1, -0.05) is 62.2 Å². The van der Waals surface area contributed by atoms with E-state index in [0.29, 0.717) is 37.7 Å². The predicted octanol–water partition coefficient (Wildman–Crippen LogP) is 6.01. The van der Waals surface area contributed by atoms with Crippen LogP contribution >= 0.6 is 0 Å². The zero-order chi connectivity index (χ0) is 52.8. The molecule has 2 aromatic carbocycles. The normalized spacial score (nSPS) is 20.9. The summed E-state index contributed by atoms with van der Waals surface area (Å²) < 4.78 is 189. The topological polar surface area (TPSA) is 295 Å². The van der Waals surface area contributed by atoms with E-state index in [1.165, 1.54) is 50.2 Å². The summed E-state index contributed by atoms with van der Waals surface area (Å²) in [6.07, 6.45) is 5.43. The standard InChI is InChI=1S/C17H22F2O7S.C13H12F2O7S.C11H10F2O5S/c1-10(2)13(20)26-16-6-11-3-12(7-16)5-15(4-11,8-16)9-25-14(21)17(18,19)27(22,23)24;1-8(2)11(16)22-10-5-3-9(4-6-10)7-21-12(17)13(14,15)23(18,19)20;1-2-8-3-5-9(6-4-8)7-18-10(14)11(12,13)19(15,16)17/h11-12H,1,3-9H2,2H3,(H,22,23,24);3-6H,1,7H2,2H3,(H,18,19,20);2-6H,1,7H2,(H,15,16,17). The number of esters is 5. The lowest BCUT2D eigenvalue weighted by Gasteiger charge is -2.60. The van der Waals surface area contributed by atoms with Crippen molar-refractivity contribution in [2.24, 2.45) is 17.3 Å². The summed E-state index contributed by atoms with van der Waals surface area (Å²) in [6, 6.07) is 11.4. The minimum atomic E-state index is -5.91. The van der Waals surface area contributed by atoms with Crippen LogP contribution in [0.2, 0.25) is 0 Å². The highest BCUT2D eigenvalue weighted by Gasteiger charge is 2.61. The van der Waals surface area contributed by atoms with E-state index in [9.17, 15) is 75.6 Å². The molecular formula is C41H44F6O19S3. The maximum Gasteiger partial charge on any atom is 0.465 e. The van der Waals surface area contributed by atoms with Crippen molar-refractivity contribution in [2.75, 3.05) is 6.61 Å². The highest BCUT2D eigenvalue weighted by molar-refractivity contribution is 7.88. The van der Waals surface area contributed by atoms with Gasteiger partial charge >= 0.3 is 76.0 Å². The van der Waals surface area contributed by atoms with E-state index >= 15 is 0 Å². The zero-order valence-corrected chi connectivity index (χ0v) is 38.7. The largest absolute Gasteiger partial charge is 0.465 e. The molecule has 28 heteroatoms.